The molecule has 1 heterocycles. The molecule has 0 radical (unpaired) electrons. The number of hydrogen-bond donors (Lipinski definition) is 2. The van der Waals surface area contributed by atoms with Gasteiger partial charge in [-0.05, 0) is 50.6 Å². The molecule has 2 atom stereocenters. The maximum atomic E-state index is 6.19. The van der Waals surface area contributed by atoms with Crippen LogP contribution in [-0.4, -0.2) is 37.5 Å². The largest absolute Gasteiger partial charge is 0.370 e. The van der Waals surface area contributed by atoms with Crippen LogP contribution >= 0.6 is 23.2 Å². The average Bonchev–Trinajstić information content (AvgIpc) is 2.82. The maximum Gasteiger partial charge on any atom is 0.189 e. The first-order valence-corrected chi connectivity index (χ1v) is 7.91. The number of benzene rings is 1. The molecule has 0 aliphatic carbocycles. The second-order valence-electron chi connectivity index (χ2n) is 5.67. The summed E-state index contributed by atoms with van der Waals surface area (Å²) in [5, 5.41) is 4.44. The number of guanidine groups is 1. The van der Waals surface area contributed by atoms with Crippen molar-refractivity contribution in [3.8, 4) is 0 Å². The molecule has 0 spiro atoms. The first-order valence-electron chi connectivity index (χ1n) is 7.15. The van der Waals surface area contributed by atoms with Crippen molar-refractivity contribution in [1.29, 1.82) is 0 Å². The molecule has 4 nitrogen and oxygen atoms in total. The predicted octanol–water partition coefficient (Wildman–Crippen LogP) is 2.91. The Morgan fingerprint density at radius 2 is 2.29 bits per heavy atom. The zero-order valence-electron chi connectivity index (χ0n) is 12.4. The van der Waals surface area contributed by atoms with Gasteiger partial charge in [-0.1, -0.05) is 29.3 Å². The Morgan fingerprint density at radius 3 is 2.90 bits per heavy atom. The van der Waals surface area contributed by atoms with Crippen molar-refractivity contribution >= 4 is 29.2 Å². The van der Waals surface area contributed by atoms with Crippen molar-refractivity contribution in [2.75, 3.05) is 26.7 Å². The van der Waals surface area contributed by atoms with Gasteiger partial charge < -0.3 is 16.0 Å². The summed E-state index contributed by atoms with van der Waals surface area (Å²) >= 11 is 12.1. The van der Waals surface area contributed by atoms with Gasteiger partial charge in [0, 0.05) is 23.1 Å². The Morgan fingerprint density at radius 1 is 1.52 bits per heavy atom. The van der Waals surface area contributed by atoms with Gasteiger partial charge in [0.25, 0.3) is 0 Å². The summed E-state index contributed by atoms with van der Waals surface area (Å²) in [7, 11) is 2.13. The average molecular weight is 329 g/mol. The molecule has 21 heavy (non-hydrogen) atoms. The molecule has 116 valence electrons. The van der Waals surface area contributed by atoms with Crippen LogP contribution in [0.2, 0.25) is 10.0 Å². The highest BCUT2D eigenvalue weighted by Crippen LogP contribution is 2.25. The van der Waals surface area contributed by atoms with Crippen molar-refractivity contribution in [3.05, 3.63) is 33.8 Å². The molecule has 1 fully saturated rings. The van der Waals surface area contributed by atoms with E-state index < -0.39 is 0 Å². The van der Waals surface area contributed by atoms with E-state index in [2.05, 4.69) is 22.3 Å². The molecule has 1 aromatic carbocycles. The van der Waals surface area contributed by atoms with Crippen LogP contribution in [0.4, 0.5) is 0 Å². The minimum Gasteiger partial charge on any atom is -0.370 e. The van der Waals surface area contributed by atoms with E-state index in [0.29, 0.717) is 21.9 Å². The standard InChI is InChI=1S/C15H22Cl2N4/c1-10(13-4-3-12(16)7-14(13)17)20-15(18)19-8-11-5-6-21(2)9-11/h3-4,7,10-11H,5-6,8-9H2,1-2H3,(H3,18,19,20). The molecule has 1 aliphatic rings. The third-order valence-corrected chi connectivity index (χ3v) is 4.36. The number of nitrogens with one attached hydrogen (secondary N) is 1. The van der Waals surface area contributed by atoms with Gasteiger partial charge in [0.15, 0.2) is 5.96 Å². The molecule has 0 aromatic heterocycles. The number of aliphatic imine (C=N–C) groups is 1. The second kappa shape index (κ2) is 7.34. The highest BCUT2D eigenvalue weighted by atomic mass is 35.5. The molecule has 2 rings (SSSR count). The third-order valence-electron chi connectivity index (χ3n) is 3.80. The van der Waals surface area contributed by atoms with Crippen molar-refractivity contribution < 1.29 is 0 Å². The van der Waals surface area contributed by atoms with Gasteiger partial charge in [-0.25, -0.2) is 0 Å². The Bertz CT molecular complexity index is 518. The maximum absolute atomic E-state index is 6.19. The molecule has 2 unspecified atom stereocenters. The Labute approximate surface area is 136 Å². The normalized spacial score (nSPS) is 21.5. The zero-order chi connectivity index (χ0) is 15.4. The monoisotopic (exact) mass is 328 g/mol. The van der Waals surface area contributed by atoms with Crippen LogP contribution in [0, 0.1) is 5.92 Å². The van der Waals surface area contributed by atoms with Gasteiger partial charge in [0.1, 0.15) is 0 Å². The molecule has 1 aliphatic heterocycles. The fourth-order valence-electron chi connectivity index (χ4n) is 2.60. The van der Waals surface area contributed by atoms with Crippen LogP contribution in [-0.2, 0) is 0 Å². The highest BCUT2D eigenvalue weighted by molar-refractivity contribution is 6.35. The Balaban J connectivity index is 1.90. The van der Waals surface area contributed by atoms with E-state index >= 15 is 0 Å². The Kier molecular flexibility index (Phi) is 5.73. The van der Waals surface area contributed by atoms with E-state index in [4.69, 9.17) is 28.9 Å². The van der Waals surface area contributed by atoms with E-state index in [9.17, 15) is 0 Å². The molecular formula is C15H22Cl2N4. The van der Waals surface area contributed by atoms with Gasteiger partial charge in [-0.3, -0.25) is 4.99 Å². The quantitative estimate of drug-likeness (QED) is 0.660. The molecule has 0 saturated carbocycles. The van der Waals surface area contributed by atoms with Gasteiger partial charge >= 0.3 is 0 Å². The topological polar surface area (TPSA) is 53.6 Å². The van der Waals surface area contributed by atoms with Gasteiger partial charge in [-0.2, -0.15) is 0 Å². The van der Waals surface area contributed by atoms with Crippen molar-refractivity contribution in [2.24, 2.45) is 16.6 Å². The third kappa shape index (κ3) is 4.77. The minimum absolute atomic E-state index is 0.00947. The van der Waals surface area contributed by atoms with Crippen LogP contribution < -0.4 is 11.1 Å². The number of rotatable bonds is 4. The predicted molar refractivity (Wildman–Crippen MR) is 90.1 cm³/mol. The number of hydrogen-bond acceptors (Lipinski definition) is 2. The van der Waals surface area contributed by atoms with Crippen LogP contribution in [0.15, 0.2) is 23.2 Å². The van der Waals surface area contributed by atoms with E-state index in [1.807, 2.05) is 19.1 Å². The summed E-state index contributed by atoms with van der Waals surface area (Å²) in [4.78, 5) is 6.76. The lowest BCUT2D eigenvalue weighted by molar-refractivity contribution is 0.397. The second-order valence-corrected chi connectivity index (χ2v) is 6.52. The molecule has 0 amide bonds. The number of nitrogens with zero attached hydrogens (tertiary/aromatic N) is 2. The molecule has 3 N–H and O–H groups in total. The lowest BCUT2D eigenvalue weighted by Crippen LogP contribution is -2.34. The molecule has 6 heteroatoms. The van der Waals surface area contributed by atoms with Crippen LogP contribution in [0.25, 0.3) is 0 Å². The van der Waals surface area contributed by atoms with Gasteiger partial charge in [0.05, 0.1) is 6.04 Å². The summed E-state index contributed by atoms with van der Waals surface area (Å²) in [5.41, 5.74) is 6.92. The first kappa shape index (κ1) is 16.4. The summed E-state index contributed by atoms with van der Waals surface area (Å²) in [6, 6.07) is 5.45. The summed E-state index contributed by atoms with van der Waals surface area (Å²) in [6.45, 7) is 5.00. The first-order chi connectivity index (χ1) is 9.95. The summed E-state index contributed by atoms with van der Waals surface area (Å²) in [6.07, 6.45) is 1.19. The number of nitrogens with two attached hydrogens (primary N) is 1. The highest BCUT2D eigenvalue weighted by Gasteiger charge is 2.19. The number of halogens is 2. The summed E-state index contributed by atoms with van der Waals surface area (Å²) in [5.74, 6) is 1.06. The molecule has 1 saturated heterocycles. The SMILES string of the molecule is CC(NC(N)=NCC1CCN(C)C1)c1ccc(Cl)cc1Cl. The fourth-order valence-corrected chi connectivity index (χ4v) is 3.17. The van der Waals surface area contributed by atoms with E-state index in [-0.39, 0.29) is 6.04 Å². The lowest BCUT2D eigenvalue weighted by atomic mass is 10.1. The lowest BCUT2D eigenvalue weighted by Gasteiger charge is -2.17. The van der Waals surface area contributed by atoms with Crippen molar-refractivity contribution in [3.63, 3.8) is 0 Å². The van der Waals surface area contributed by atoms with Crippen LogP contribution in [0.1, 0.15) is 24.9 Å². The van der Waals surface area contributed by atoms with Gasteiger partial charge in [-0.15, -0.1) is 0 Å². The smallest absolute Gasteiger partial charge is 0.189 e. The zero-order valence-corrected chi connectivity index (χ0v) is 14.0. The molecule has 1 aromatic rings. The summed E-state index contributed by atoms with van der Waals surface area (Å²) < 4.78 is 0. The Hall–Kier alpha value is -0.970. The molecular weight excluding hydrogens is 307 g/mol. The number of likely N-dealkylation sites (tertiary alicyclic amines) is 1. The van der Waals surface area contributed by atoms with E-state index in [1.165, 1.54) is 6.42 Å². The van der Waals surface area contributed by atoms with E-state index in [1.54, 1.807) is 6.07 Å². The van der Waals surface area contributed by atoms with E-state index in [0.717, 1.165) is 25.2 Å². The van der Waals surface area contributed by atoms with Crippen LogP contribution in [0.5, 0.6) is 0 Å². The minimum atomic E-state index is -0.00947. The van der Waals surface area contributed by atoms with Crippen molar-refractivity contribution in [1.82, 2.24) is 10.2 Å². The fraction of sp³-hybridized carbons (Fsp3) is 0.533. The molecule has 0 bridgehead atoms. The van der Waals surface area contributed by atoms with Crippen LogP contribution in [0.3, 0.4) is 0 Å². The van der Waals surface area contributed by atoms with Gasteiger partial charge in [0.2, 0.25) is 0 Å². The van der Waals surface area contributed by atoms with Crippen molar-refractivity contribution in [2.45, 2.75) is 19.4 Å².